The molecule has 3 heteroatoms. The quantitative estimate of drug-likeness (QED) is 0.418. The fourth-order valence-electron chi connectivity index (χ4n) is 1.51. The predicted molar refractivity (Wildman–Crippen MR) is 69.2 cm³/mol. The van der Waals surface area contributed by atoms with Gasteiger partial charge in [0.1, 0.15) is 0 Å². The van der Waals surface area contributed by atoms with Crippen molar-refractivity contribution >= 4 is 5.69 Å². The Balaban J connectivity index is 2.55. The minimum absolute atomic E-state index is 0.315. The second-order valence-electron chi connectivity index (χ2n) is 3.70. The van der Waals surface area contributed by atoms with Gasteiger partial charge in [0.2, 0.25) is 0 Å². The maximum absolute atomic E-state index is 8.55. The maximum atomic E-state index is 8.55. The molecule has 0 saturated heterocycles. The zero-order valence-corrected chi connectivity index (χ0v) is 9.46. The average molecular weight is 225 g/mol. The van der Waals surface area contributed by atoms with Crippen LogP contribution in [0.25, 0.3) is 10.4 Å². The van der Waals surface area contributed by atoms with E-state index in [0.717, 1.165) is 5.56 Å². The summed E-state index contributed by atoms with van der Waals surface area (Å²) in [5, 5.41) is 3.56. The van der Waals surface area contributed by atoms with Gasteiger partial charge in [-0.2, -0.15) is 0 Å². The van der Waals surface area contributed by atoms with Crippen molar-refractivity contribution in [2.75, 3.05) is 0 Å². The molecule has 2 aromatic carbocycles. The van der Waals surface area contributed by atoms with E-state index in [1.54, 1.807) is 36.4 Å². The molecule has 0 radical (unpaired) electrons. The minimum Gasteiger partial charge on any atom is -0.0620 e. The molecule has 84 valence electrons. The molecule has 0 spiro atoms. The van der Waals surface area contributed by atoms with Gasteiger partial charge < -0.3 is 0 Å². The minimum atomic E-state index is -1.70. The molecule has 0 amide bonds. The molecule has 0 aromatic heterocycles. The molecule has 0 bridgehead atoms. The van der Waals surface area contributed by atoms with Crippen molar-refractivity contribution in [2.45, 2.75) is 13.3 Å². The van der Waals surface area contributed by atoms with Crippen molar-refractivity contribution < 1.29 is 2.74 Å². The molecule has 2 rings (SSSR count). The Morgan fingerprint density at radius 1 is 1.18 bits per heavy atom. The monoisotopic (exact) mass is 225 g/mol. The second-order valence-corrected chi connectivity index (χ2v) is 3.70. The summed E-state index contributed by atoms with van der Waals surface area (Å²) in [7, 11) is 0. The number of rotatable bonds is 3. The maximum Gasteiger partial charge on any atom is 0.0410 e. The number of nitrogens with zero attached hydrogens (tertiary/aromatic N) is 3. The number of hydrogen-bond donors (Lipinski definition) is 0. The summed E-state index contributed by atoms with van der Waals surface area (Å²) in [6.07, 6.45) is -1.70. The first-order chi connectivity index (χ1) is 9.05. The van der Waals surface area contributed by atoms with Crippen LogP contribution >= 0.6 is 0 Å². The summed E-state index contributed by atoms with van der Waals surface area (Å²) in [6, 6.07) is 13.9. The molecule has 0 unspecified atom stereocenters. The SMILES string of the molecule is [2H]C([2H])(c1ccc(C)cc1)c1ccccc1N=[N+]=[N-]. The van der Waals surface area contributed by atoms with E-state index in [4.69, 9.17) is 8.27 Å². The van der Waals surface area contributed by atoms with Crippen LogP contribution in [-0.2, 0) is 6.37 Å². The lowest BCUT2D eigenvalue weighted by atomic mass is 10.0. The van der Waals surface area contributed by atoms with E-state index in [1.165, 1.54) is 0 Å². The van der Waals surface area contributed by atoms with Crippen LogP contribution < -0.4 is 0 Å². The third kappa shape index (κ3) is 2.86. The van der Waals surface area contributed by atoms with Gasteiger partial charge in [0.25, 0.3) is 0 Å². The Morgan fingerprint density at radius 2 is 1.88 bits per heavy atom. The average Bonchev–Trinajstić information content (AvgIpc) is 2.40. The molecule has 0 aliphatic rings. The van der Waals surface area contributed by atoms with Crippen LogP contribution in [-0.4, -0.2) is 0 Å². The second kappa shape index (κ2) is 5.19. The Bertz CT molecular complexity index is 629. The van der Waals surface area contributed by atoms with Crippen LogP contribution in [0.1, 0.15) is 19.4 Å². The smallest absolute Gasteiger partial charge is 0.0410 e. The Kier molecular flexibility index (Phi) is 2.70. The number of benzene rings is 2. The number of aryl methyl sites for hydroxylation is 1. The molecule has 0 aliphatic carbocycles. The molecule has 2 aromatic rings. The van der Waals surface area contributed by atoms with Crippen molar-refractivity contribution in [1.29, 1.82) is 0 Å². The molecule has 17 heavy (non-hydrogen) atoms. The molecule has 0 aliphatic heterocycles. The highest BCUT2D eigenvalue weighted by Crippen LogP contribution is 2.22. The number of azide groups is 1. The van der Waals surface area contributed by atoms with Gasteiger partial charge in [0.15, 0.2) is 0 Å². The topological polar surface area (TPSA) is 48.8 Å². The van der Waals surface area contributed by atoms with Gasteiger partial charge in [-0.1, -0.05) is 59.2 Å². The predicted octanol–water partition coefficient (Wildman–Crippen LogP) is 4.53. The summed E-state index contributed by atoms with van der Waals surface area (Å²) >= 11 is 0. The lowest BCUT2D eigenvalue weighted by molar-refractivity contribution is 1.17. The van der Waals surface area contributed by atoms with Gasteiger partial charge in [-0.05, 0) is 30.0 Å². The van der Waals surface area contributed by atoms with Crippen molar-refractivity contribution in [3.63, 3.8) is 0 Å². The van der Waals surface area contributed by atoms with Crippen molar-refractivity contribution in [1.82, 2.24) is 0 Å². The molecule has 0 saturated carbocycles. The fourth-order valence-corrected chi connectivity index (χ4v) is 1.51. The van der Waals surface area contributed by atoms with Crippen molar-refractivity contribution in [2.24, 2.45) is 5.11 Å². The third-order valence-corrected chi connectivity index (χ3v) is 2.39. The van der Waals surface area contributed by atoms with Crippen molar-refractivity contribution in [3.05, 3.63) is 75.7 Å². The first-order valence-electron chi connectivity index (χ1n) is 6.27. The Hall–Kier alpha value is -2.25. The molecule has 0 N–H and O–H groups in total. The Morgan fingerprint density at radius 3 is 2.59 bits per heavy atom. The highest BCUT2D eigenvalue weighted by atomic mass is 15.1. The van der Waals surface area contributed by atoms with Crippen LogP contribution in [0.2, 0.25) is 0 Å². The highest BCUT2D eigenvalue weighted by molar-refractivity contribution is 5.47. The molecule has 0 heterocycles. The fraction of sp³-hybridized carbons (Fsp3) is 0.143. The lowest BCUT2D eigenvalue weighted by Crippen LogP contribution is -1.88. The Labute approximate surface area is 103 Å². The lowest BCUT2D eigenvalue weighted by Gasteiger charge is -2.05. The number of hydrogen-bond acceptors (Lipinski definition) is 1. The van der Waals surface area contributed by atoms with E-state index < -0.39 is 6.37 Å². The van der Waals surface area contributed by atoms with E-state index >= 15 is 0 Å². The van der Waals surface area contributed by atoms with Gasteiger partial charge >= 0.3 is 0 Å². The van der Waals surface area contributed by atoms with E-state index in [-0.39, 0.29) is 0 Å². The van der Waals surface area contributed by atoms with Crippen molar-refractivity contribution in [3.8, 4) is 0 Å². The summed E-state index contributed by atoms with van der Waals surface area (Å²) in [5.74, 6) is 0. The molecule has 3 nitrogen and oxygen atoms in total. The van der Waals surface area contributed by atoms with Crippen LogP contribution in [0, 0.1) is 6.92 Å². The zero-order chi connectivity index (χ0) is 13.9. The van der Waals surface area contributed by atoms with E-state index in [9.17, 15) is 0 Å². The standard InChI is InChI=1S/C14H13N3/c1-11-6-8-12(9-7-11)10-13-4-2-3-5-14(13)16-17-15/h2-9H,10H2,1H3/i10D2. The van der Waals surface area contributed by atoms with Gasteiger partial charge in [0.05, 0.1) is 0 Å². The summed E-state index contributed by atoms with van der Waals surface area (Å²) < 4.78 is 16.6. The van der Waals surface area contributed by atoms with Gasteiger partial charge in [-0.15, -0.1) is 0 Å². The van der Waals surface area contributed by atoms with Gasteiger partial charge in [-0.25, -0.2) is 0 Å². The van der Waals surface area contributed by atoms with Gasteiger partial charge in [0, 0.05) is 13.3 Å². The molecule has 0 atom stereocenters. The molecular weight excluding hydrogens is 210 g/mol. The van der Waals surface area contributed by atoms with E-state index in [0.29, 0.717) is 16.8 Å². The van der Waals surface area contributed by atoms with Crippen LogP contribution in [0.15, 0.2) is 53.6 Å². The highest BCUT2D eigenvalue weighted by Gasteiger charge is 2.01. The first-order valence-corrected chi connectivity index (χ1v) is 5.27. The normalized spacial score (nSPS) is 12.3. The zero-order valence-electron chi connectivity index (χ0n) is 11.5. The van der Waals surface area contributed by atoms with Crippen LogP contribution in [0.5, 0.6) is 0 Å². The van der Waals surface area contributed by atoms with Crippen LogP contribution in [0.4, 0.5) is 5.69 Å². The summed E-state index contributed by atoms with van der Waals surface area (Å²) in [5.41, 5.74) is 10.9. The van der Waals surface area contributed by atoms with E-state index in [2.05, 4.69) is 10.0 Å². The summed E-state index contributed by atoms with van der Waals surface area (Å²) in [6.45, 7) is 1.95. The van der Waals surface area contributed by atoms with E-state index in [1.807, 2.05) is 19.1 Å². The first kappa shape index (κ1) is 8.85. The van der Waals surface area contributed by atoms with Crippen LogP contribution in [0.3, 0.4) is 0 Å². The third-order valence-electron chi connectivity index (χ3n) is 2.39. The molecule has 0 fully saturated rings. The largest absolute Gasteiger partial charge is 0.0620 e. The summed E-state index contributed by atoms with van der Waals surface area (Å²) in [4.78, 5) is 2.75. The van der Waals surface area contributed by atoms with Gasteiger partial charge in [-0.3, -0.25) is 0 Å². The molecular formula is C14H13N3.